The summed E-state index contributed by atoms with van der Waals surface area (Å²) in [5.74, 6) is -1.93. The molecular formula is C16H10F5N2NaO3S. The van der Waals surface area contributed by atoms with Crippen LogP contribution < -0.4 is 34.6 Å². The molecule has 0 bridgehead atoms. The molecule has 0 spiro atoms. The van der Waals surface area contributed by atoms with Crippen LogP contribution in [-0.2, 0) is 10.1 Å². The third kappa shape index (κ3) is 4.71. The van der Waals surface area contributed by atoms with Gasteiger partial charge in [-0.3, -0.25) is 5.01 Å². The molecule has 0 unspecified atom stereocenters. The molecule has 0 saturated heterocycles. The number of hydrogen-bond donors (Lipinski definition) is 0. The monoisotopic (exact) mass is 428 g/mol. The maximum atomic E-state index is 14.1. The van der Waals surface area contributed by atoms with Crippen LogP contribution in [0, 0.1) is 11.6 Å². The summed E-state index contributed by atoms with van der Waals surface area (Å²) in [6, 6.07) is 5.25. The SMILES string of the molecule is O=S(=O)([O-])c1ccc(N2N=C(C(F)(F)F)C[C@@H]2c2ccc(F)cc2F)cc1.[Na+]. The van der Waals surface area contributed by atoms with Crippen LogP contribution in [0.25, 0.3) is 0 Å². The van der Waals surface area contributed by atoms with E-state index in [1.54, 1.807) is 0 Å². The van der Waals surface area contributed by atoms with Gasteiger partial charge in [-0.25, -0.2) is 17.2 Å². The van der Waals surface area contributed by atoms with Gasteiger partial charge in [-0.15, -0.1) is 0 Å². The van der Waals surface area contributed by atoms with Gasteiger partial charge in [-0.1, -0.05) is 6.07 Å². The first kappa shape index (κ1) is 22.8. The number of benzene rings is 2. The van der Waals surface area contributed by atoms with E-state index in [2.05, 4.69) is 5.10 Å². The zero-order chi connectivity index (χ0) is 20.0. The first-order valence-corrected chi connectivity index (χ1v) is 8.82. The van der Waals surface area contributed by atoms with Crippen molar-refractivity contribution in [3.05, 3.63) is 59.7 Å². The molecule has 2 aromatic carbocycles. The molecule has 0 amide bonds. The van der Waals surface area contributed by atoms with E-state index in [0.29, 0.717) is 6.07 Å². The van der Waals surface area contributed by atoms with Gasteiger partial charge in [0.25, 0.3) is 0 Å². The van der Waals surface area contributed by atoms with Crippen LogP contribution in [0.15, 0.2) is 52.5 Å². The van der Waals surface area contributed by atoms with Crippen molar-refractivity contribution in [2.45, 2.75) is 23.5 Å². The largest absolute Gasteiger partial charge is 1.00 e. The van der Waals surface area contributed by atoms with Crippen molar-refractivity contribution < 1.29 is 64.5 Å². The van der Waals surface area contributed by atoms with E-state index >= 15 is 0 Å². The number of alkyl halides is 3. The maximum Gasteiger partial charge on any atom is 1.00 e. The van der Waals surface area contributed by atoms with Gasteiger partial charge in [0.1, 0.15) is 27.5 Å². The Bertz CT molecular complexity index is 1010. The number of hydrogen-bond acceptors (Lipinski definition) is 5. The third-order valence-corrected chi connectivity index (χ3v) is 4.80. The summed E-state index contributed by atoms with van der Waals surface area (Å²) in [4.78, 5) is -0.574. The molecule has 0 radical (unpaired) electrons. The fourth-order valence-corrected chi connectivity index (χ4v) is 3.17. The number of rotatable bonds is 3. The minimum atomic E-state index is -4.76. The molecule has 1 aliphatic rings. The van der Waals surface area contributed by atoms with Gasteiger partial charge in [0, 0.05) is 18.1 Å². The van der Waals surface area contributed by atoms with Crippen LogP contribution >= 0.6 is 0 Å². The average molecular weight is 428 g/mol. The van der Waals surface area contributed by atoms with E-state index < -0.39 is 51.0 Å². The van der Waals surface area contributed by atoms with Gasteiger partial charge in [-0.05, 0) is 30.3 Å². The summed E-state index contributed by atoms with van der Waals surface area (Å²) in [5, 5.41) is 4.34. The van der Waals surface area contributed by atoms with Gasteiger partial charge >= 0.3 is 35.7 Å². The normalized spacial score (nSPS) is 17.3. The molecule has 3 rings (SSSR count). The fraction of sp³-hybridized carbons (Fsp3) is 0.188. The minimum absolute atomic E-state index is 0. The summed E-state index contributed by atoms with van der Waals surface area (Å²) >= 11 is 0. The van der Waals surface area contributed by atoms with Crippen molar-refractivity contribution >= 4 is 21.5 Å². The van der Waals surface area contributed by atoms with Crippen LogP contribution in [-0.4, -0.2) is 24.9 Å². The van der Waals surface area contributed by atoms with Crippen molar-refractivity contribution in [1.82, 2.24) is 0 Å². The van der Waals surface area contributed by atoms with Gasteiger partial charge in [0.2, 0.25) is 0 Å². The quantitative estimate of drug-likeness (QED) is 0.411. The minimum Gasteiger partial charge on any atom is -0.744 e. The van der Waals surface area contributed by atoms with E-state index in [0.717, 1.165) is 41.4 Å². The van der Waals surface area contributed by atoms with E-state index in [4.69, 9.17) is 0 Å². The van der Waals surface area contributed by atoms with E-state index in [-0.39, 0.29) is 40.8 Å². The molecule has 0 fully saturated rings. The molecule has 1 heterocycles. The van der Waals surface area contributed by atoms with Gasteiger partial charge in [0.15, 0.2) is 0 Å². The maximum absolute atomic E-state index is 14.1. The molecule has 5 nitrogen and oxygen atoms in total. The van der Waals surface area contributed by atoms with Crippen molar-refractivity contribution in [3.8, 4) is 0 Å². The Morgan fingerprint density at radius 1 is 1.07 bits per heavy atom. The summed E-state index contributed by atoms with van der Waals surface area (Å²) in [7, 11) is -4.74. The average Bonchev–Trinajstić information content (AvgIpc) is 2.99. The first-order chi connectivity index (χ1) is 12.5. The fourth-order valence-electron chi connectivity index (χ4n) is 2.70. The van der Waals surface area contributed by atoms with Crippen molar-refractivity contribution in [2.75, 3.05) is 5.01 Å². The first-order valence-electron chi connectivity index (χ1n) is 7.41. The molecule has 0 N–H and O–H groups in total. The molecule has 28 heavy (non-hydrogen) atoms. The second-order valence-electron chi connectivity index (χ2n) is 5.72. The second kappa shape index (κ2) is 8.07. The Morgan fingerprint density at radius 2 is 1.68 bits per heavy atom. The molecule has 12 heteroatoms. The van der Waals surface area contributed by atoms with Gasteiger partial charge in [-0.2, -0.15) is 18.3 Å². The van der Waals surface area contributed by atoms with Crippen LogP contribution in [0.2, 0.25) is 0 Å². The van der Waals surface area contributed by atoms with E-state index in [1.807, 2.05) is 0 Å². The molecule has 2 aromatic rings. The number of nitrogens with zero attached hydrogens (tertiary/aromatic N) is 2. The Morgan fingerprint density at radius 3 is 2.18 bits per heavy atom. The molecular weight excluding hydrogens is 418 g/mol. The third-order valence-electron chi connectivity index (χ3n) is 3.95. The van der Waals surface area contributed by atoms with Crippen LogP contribution in [0.3, 0.4) is 0 Å². The smallest absolute Gasteiger partial charge is 0.744 e. The topological polar surface area (TPSA) is 72.8 Å². The zero-order valence-corrected chi connectivity index (χ0v) is 17.1. The summed E-state index contributed by atoms with van der Waals surface area (Å²) in [5.41, 5.74) is -1.37. The number of halogens is 5. The van der Waals surface area contributed by atoms with Crippen molar-refractivity contribution in [1.29, 1.82) is 0 Å². The van der Waals surface area contributed by atoms with Crippen LogP contribution in [0.5, 0.6) is 0 Å². The predicted molar refractivity (Wildman–Crippen MR) is 84.1 cm³/mol. The van der Waals surface area contributed by atoms with Gasteiger partial charge < -0.3 is 4.55 Å². The summed E-state index contributed by atoms with van der Waals surface area (Å²) in [6.45, 7) is 0. The summed E-state index contributed by atoms with van der Waals surface area (Å²) < 4.78 is 99.5. The Kier molecular flexibility index (Phi) is 6.56. The number of hydrazone groups is 1. The second-order valence-corrected chi connectivity index (χ2v) is 7.10. The molecule has 1 atom stereocenters. The molecule has 0 aromatic heterocycles. The Hall–Kier alpha value is -1.53. The molecule has 1 aliphatic heterocycles. The Labute approximate surface area is 178 Å². The molecule has 0 saturated carbocycles. The molecule has 0 aliphatic carbocycles. The van der Waals surface area contributed by atoms with Gasteiger partial charge in [0.05, 0.1) is 16.6 Å². The summed E-state index contributed by atoms with van der Waals surface area (Å²) in [6.07, 6.45) is -5.45. The van der Waals surface area contributed by atoms with E-state index in [1.165, 1.54) is 0 Å². The number of anilines is 1. The zero-order valence-electron chi connectivity index (χ0n) is 14.2. The van der Waals surface area contributed by atoms with Crippen molar-refractivity contribution in [2.24, 2.45) is 5.10 Å². The standard InChI is InChI=1S/C16H11F5N2O3S.Na/c17-9-1-6-12(13(18)7-9)14-8-15(16(19,20)21)22-23(14)10-2-4-11(5-3-10)27(24,25)26;/h1-7,14H,8H2,(H,24,25,26);/q;+1/p-1/t14-;/m1./s1. The van der Waals surface area contributed by atoms with E-state index in [9.17, 15) is 34.9 Å². The van der Waals surface area contributed by atoms with Crippen LogP contribution in [0.4, 0.5) is 27.6 Å². The van der Waals surface area contributed by atoms with Crippen molar-refractivity contribution in [3.63, 3.8) is 0 Å². The Balaban J connectivity index is 0.00000280. The predicted octanol–water partition coefficient (Wildman–Crippen LogP) is 0.743. The molecule has 144 valence electrons. The van der Waals surface area contributed by atoms with Crippen LogP contribution in [0.1, 0.15) is 18.0 Å².